The Morgan fingerprint density at radius 1 is 1.25 bits per heavy atom. The van der Waals surface area contributed by atoms with Gasteiger partial charge in [-0.25, -0.2) is 0 Å². The van der Waals surface area contributed by atoms with Gasteiger partial charge in [-0.05, 0) is 60.5 Å². The van der Waals surface area contributed by atoms with E-state index in [0.717, 1.165) is 37.9 Å². The van der Waals surface area contributed by atoms with Gasteiger partial charge >= 0.3 is 0 Å². The van der Waals surface area contributed by atoms with Gasteiger partial charge in [0.2, 0.25) is 5.91 Å². The average molecular weight is 381 g/mol. The van der Waals surface area contributed by atoms with E-state index in [1.807, 2.05) is 18.2 Å². The number of hydroxylamine groups is 2. The lowest BCUT2D eigenvalue weighted by molar-refractivity contribution is -0.118. The maximum atomic E-state index is 12.5. The summed E-state index contributed by atoms with van der Waals surface area (Å²) in [6.07, 6.45) is 2.79. The summed E-state index contributed by atoms with van der Waals surface area (Å²) in [5.74, 6) is 0.174. The van der Waals surface area contributed by atoms with Gasteiger partial charge in [0.15, 0.2) is 0 Å². The van der Waals surface area contributed by atoms with Crippen LogP contribution in [0.15, 0.2) is 48.5 Å². The second-order valence-electron chi connectivity index (χ2n) is 7.87. The van der Waals surface area contributed by atoms with E-state index in [1.165, 1.54) is 21.8 Å². The van der Waals surface area contributed by atoms with Crippen molar-refractivity contribution in [2.24, 2.45) is 11.7 Å². The summed E-state index contributed by atoms with van der Waals surface area (Å²) in [4.78, 5) is 10.9. The minimum Gasteiger partial charge on any atom is -0.785 e. The van der Waals surface area contributed by atoms with E-state index in [0.29, 0.717) is 18.9 Å². The van der Waals surface area contributed by atoms with Crippen LogP contribution in [0.5, 0.6) is 0 Å². The molecule has 1 aliphatic rings. The lowest BCUT2D eigenvalue weighted by Crippen LogP contribution is -2.32. The van der Waals surface area contributed by atoms with Crippen LogP contribution >= 0.6 is 0 Å². The number of amides is 1. The molecule has 5 nitrogen and oxygen atoms in total. The van der Waals surface area contributed by atoms with Crippen molar-refractivity contribution in [3.8, 4) is 0 Å². The summed E-state index contributed by atoms with van der Waals surface area (Å²) in [5.41, 5.74) is 10.1. The third kappa shape index (κ3) is 5.64. The van der Waals surface area contributed by atoms with E-state index in [9.17, 15) is 10.0 Å². The highest BCUT2D eigenvalue weighted by Crippen LogP contribution is 2.32. The predicted octanol–water partition coefficient (Wildman–Crippen LogP) is 3.32. The summed E-state index contributed by atoms with van der Waals surface area (Å²) in [7, 11) is 0. The molecule has 1 amide bonds. The van der Waals surface area contributed by atoms with Crippen molar-refractivity contribution in [1.29, 1.82) is 0 Å². The Kier molecular flexibility index (Phi) is 7.20. The Morgan fingerprint density at radius 2 is 2.04 bits per heavy atom. The molecule has 2 unspecified atom stereocenters. The minimum atomic E-state index is -0.237. The van der Waals surface area contributed by atoms with E-state index < -0.39 is 0 Å². The van der Waals surface area contributed by atoms with Crippen molar-refractivity contribution < 1.29 is 4.79 Å². The summed E-state index contributed by atoms with van der Waals surface area (Å²) < 4.78 is 0. The quantitative estimate of drug-likeness (QED) is 0.699. The Hall–Kier alpha value is -2.21. The van der Waals surface area contributed by atoms with Gasteiger partial charge in [0, 0.05) is 19.0 Å². The number of benzene rings is 2. The third-order valence-electron chi connectivity index (χ3n) is 5.49. The first-order valence-electron chi connectivity index (χ1n) is 10.1. The summed E-state index contributed by atoms with van der Waals surface area (Å²) in [6, 6.07) is 16.6. The maximum Gasteiger partial charge on any atom is 0.217 e. The number of nitrogens with one attached hydrogen (secondary N) is 1. The SMILES string of the molecule is CC(CCC(N)=O)CNCc1ccc2c(c1)CCN([O-])C2Cc1ccccc1. The molecule has 5 heteroatoms. The first kappa shape index (κ1) is 20.5. The van der Waals surface area contributed by atoms with Gasteiger partial charge in [-0.1, -0.05) is 55.5 Å². The molecule has 28 heavy (non-hydrogen) atoms. The molecular weight excluding hydrogens is 350 g/mol. The van der Waals surface area contributed by atoms with Gasteiger partial charge in [-0.3, -0.25) is 4.79 Å². The van der Waals surface area contributed by atoms with Crippen molar-refractivity contribution in [2.45, 2.75) is 45.2 Å². The van der Waals surface area contributed by atoms with Crippen LogP contribution in [-0.4, -0.2) is 24.1 Å². The van der Waals surface area contributed by atoms with Crippen LogP contribution in [0.1, 0.15) is 48.1 Å². The zero-order valence-corrected chi connectivity index (χ0v) is 16.6. The molecule has 2 aromatic rings. The molecule has 2 aromatic carbocycles. The van der Waals surface area contributed by atoms with Crippen LogP contribution in [0.2, 0.25) is 0 Å². The number of hydrogen-bond donors (Lipinski definition) is 2. The fourth-order valence-electron chi connectivity index (χ4n) is 3.86. The fourth-order valence-corrected chi connectivity index (χ4v) is 3.86. The molecule has 1 aliphatic heterocycles. The number of carbonyl (C=O) groups excluding carboxylic acids is 1. The summed E-state index contributed by atoms with van der Waals surface area (Å²) >= 11 is 0. The number of hydrogen-bond acceptors (Lipinski definition) is 4. The van der Waals surface area contributed by atoms with Gasteiger partial charge in [0.25, 0.3) is 0 Å². The number of rotatable bonds is 9. The van der Waals surface area contributed by atoms with E-state index in [-0.39, 0.29) is 11.9 Å². The highest BCUT2D eigenvalue weighted by molar-refractivity contribution is 5.73. The number of nitrogens with zero attached hydrogens (tertiary/aromatic N) is 1. The third-order valence-corrected chi connectivity index (χ3v) is 5.49. The monoisotopic (exact) mass is 380 g/mol. The van der Waals surface area contributed by atoms with Crippen molar-refractivity contribution in [3.05, 3.63) is 76.0 Å². The fraction of sp³-hybridized carbons (Fsp3) is 0.435. The molecule has 1 heterocycles. The number of carbonyl (C=O) groups is 1. The van der Waals surface area contributed by atoms with E-state index in [4.69, 9.17) is 5.73 Å². The number of fused-ring (bicyclic) bond motifs is 1. The Bertz CT molecular complexity index is 779. The van der Waals surface area contributed by atoms with Crippen molar-refractivity contribution in [1.82, 2.24) is 10.4 Å². The highest BCUT2D eigenvalue weighted by atomic mass is 16.5. The average Bonchev–Trinajstić information content (AvgIpc) is 2.69. The largest absolute Gasteiger partial charge is 0.785 e. The summed E-state index contributed by atoms with van der Waals surface area (Å²) in [5, 5.41) is 17.2. The highest BCUT2D eigenvalue weighted by Gasteiger charge is 2.22. The van der Waals surface area contributed by atoms with Gasteiger partial charge in [0.05, 0.1) is 0 Å². The Balaban J connectivity index is 1.60. The van der Waals surface area contributed by atoms with Gasteiger partial charge in [-0.2, -0.15) is 0 Å². The molecule has 2 atom stereocenters. The smallest absolute Gasteiger partial charge is 0.217 e. The Morgan fingerprint density at radius 3 is 2.79 bits per heavy atom. The molecule has 0 aliphatic carbocycles. The lowest BCUT2D eigenvalue weighted by Gasteiger charge is -2.42. The number of nitrogens with two attached hydrogens (primary N) is 1. The first-order valence-corrected chi connectivity index (χ1v) is 10.1. The molecule has 0 radical (unpaired) electrons. The van der Waals surface area contributed by atoms with Crippen LogP contribution in [-0.2, 0) is 24.2 Å². The second-order valence-corrected chi connectivity index (χ2v) is 7.87. The molecule has 0 saturated heterocycles. The lowest BCUT2D eigenvalue weighted by atomic mass is 9.89. The predicted molar refractivity (Wildman–Crippen MR) is 112 cm³/mol. The van der Waals surface area contributed by atoms with Crippen LogP contribution < -0.4 is 11.1 Å². The molecular formula is C23H30N3O2-. The van der Waals surface area contributed by atoms with Crippen molar-refractivity contribution in [3.63, 3.8) is 0 Å². The van der Waals surface area contributed by atoms with Crippen molar-refractivity contribution in [2.75, 3.05) is 13.1 Å². The van der Waals surface area contributed by atoms with Crippen molar-refractivity contribution >= 4 is 5.91 Å². The van der Waals surface area contributed by atoms with Crippen LogP contribution in [0.3, 0.4) is 0 Å². The standard InChI is InChI=1S/C23H30N3O2/c1-17(7-10-23(24)27)15-25-16-19-8-9-21-20(13-19)11-12-26(28)22(21)14-18-5-3-2-4-6-18/h2-6,8-9,13,17,22,25H,7,10-12,14-16H2,1H3,(H2,24,27)/q-1. The van der Waals surface area contributed by atoms with Crippen LogP contribution in [0.4, 0.5) is 0 Å². The molecule has 150 valence electrons. The molecule has 0 spiro atoms. The molecule has 0 bridgehead atoms. The van der Waals surface area contributed by atoms with E-state index in [1.54, 1.807) is 0 Å². The van der Waals surface area contributed by atoms with E-state index in [2.05, 4.69) is 42.6 Å². The van der Waals surface area contributed by atoms with Gasteiger partial charge in [-0.15, -0.1) is 0 Å². The number of primary amides is 1. The zero-order valence-electron chi connectivity index (χ0n) is 16.6. The topological polar surface area (TPSA) is 81.4 Å². The molecule has 3 rings (SSSR count). The second kappa shape index (κ2) is 9.82. The molecule has 3 N–H and O–H groups in total. The molecule has 0 fully saturated rings. The van der Waals surface area contributed by atoms with Crippen LogP contribution in [0, 0.1) is 11.1 Å². The maximum absolute atomic E-state index is 12.5. The normalized spacial score (nSPS) is 17.9. The zero-order chi connectivity index (χ0) is 19.9. The molecule has 0 saturated carbocycles. The van der Waals surface area contributed by atoms with Gasteiger partial charge < -0.3 is 21.3 Å². The first-order chi connectivity index (χ1) is 13.5. The van der Waals surface area contributed by atoms with Crippen LogP contribution in [0.25, 0.3) is 0 Å². The van der Waals surface area contributed by atoms with E-state index >= 15 is 0 Å². The minimum absolute atomic E-state index is 0.109. The molecule has 0 aromatic heterocycles. The van der Waals surface area contributed by atoms with Gasteiger partial charge in [0.1, 0.15) is 0 Å². The Labute approximate surface area is 167 Å². The summed E-state index contributed by atoms with van der Waals surface area (Å²) in [6.45, 7) is 4.32.